The molecule has 0 aromatic rings. The Kier molecular flexibility index (Phi) is 2.52. The van der Waals surface area contributed by atoms with Crippen molar-refractivity contribution in [3.8, 4) is 0 Å². The highest BCUT2D eigenvalue weighted by Crippen LogP contribution is 2.43. The van der Waals surface area contributed by atoms with Crippen molar-refractivity contribution in [3.63, 3.8) is 0 Å². The first-order chi connectivity index (χ1) is 6.68. The van der Waals surface area contributed by atoms with Crippen molar-refractivity contribution in [1.29, 1.82) is 0 Å². The van der Waals surface area contributed by atoms with E-state index >= 15 is 0 Å². The first kappa shape index (κ1) is 9.97. The van der Waals surface area contributed by atoms with Crippen molar-refractivity contribution in [3.05, 3.63) is 0 Å². The Hall–Kier alpha value is -0.570. The molecule has 0 radical (unpaired) electrons. The molecular formula is C11H19NO2. The van der Waals surface area contributed by atoms with Gasteiger partial charge in [-0.3, -0.25) is 4.79 Å². The zero-order valence-electron chi connectivity index (χ0n) is 8.83. The minimum Gasteiger partial charge on any atom is -0.389 e. The summed E-state index contributed by atoms with van der Waals surface area (Å²) in [6, 6.07) is 0. The van der Waals surface area contributed by atoms with Crippen LogP contribution < -0.4 is 0 Å². The van der Waals surface area contributed by atoms with Crippen LogP contribution in [-0.4, -0.2) is 35.1 Å². The third-order valence-corrected chi connectivity index (χ3v) is 3.84. The molecule has 0 atom stereocenters. The van der Waals surface area contributed by atoms with Crippen molar-refractivity contribution < 1.29 is 9.90 Å². The largest absolute Gasteiger partial charge is 0.389 e. The fourth-order valence-electron chi connectivity index (χ4n) is 2.73. The molecule has 1 saturated heterocycles. The highest BCUT2D eigenvalue weighted by molar-refractivity contribution is 5.83. The molecule has 3 heteroatoms. The molecule has 2 rings (SSSR count). The number of nitrogens with zero attached hydrogens (tertiary/aromatic N) is 1. The fraction of sp³-hybridized carbons (Fsp3) is 0.909. The fourth-order valence-corrected chi connectivity index (χ4v) is 2.73. The van der Waals surface area contributed by atoms with Gasteiger partial charge in [0.2, 0.25) is 5.91 Å². The normalized spacial score (nSPS) is 26.3. The second kappa shape index (κ2) is 3.54. The number of hydrogen-bond donors (Lipinski definition) is 1. The number of amides is 1. The number of rotatable bonds is 2. The van der Waals surface area contributed by atoms with Crippen LogP contribution >= 0.6 is 0 Å². The van der Waals surface area contributed by atoms with Crippen LogP contribution in [0.25, 0.3) is 0 Å². The van der Waals surface area contributed by atoms with Crippen molar-refractivity contribution in [1.82, 2.24) is 4.90 Å². The Bertz CT molecular complexity index is 227. The molecule has 0 spiro atoms. The van der Waals surface area contributed by atoms with E-state index in [1.165, 1.54) is 12.8 Å². The second-order valence-corrected chi connectivity index (χ2v) is 4.70. The van der Waals surface area contributed by atoms with E-state index in [0.717, 1.165) is 19.3 Å². The van der Waals surface area contributed by atoms with Gasteiger partial charge >= 0.3 is 0 Å². The number of carbonyl (C=O) groups excluding carboxylic acids is 1. The standard InChI is InChI=1S/C11H19NO2/c1-2-11(5-3-4-6-11)10(14)12-7-9(13)8-12/h9,13H,2-8H2,1H3. The molecule has 0 unspecified atom stereocenters. The molecule has 14 heavy (non-hydrogen) atoms. The van der Waals surface area contributed by atoms with Crippen molar-refractivity contribution in [2.24, 2.45) is 5.41 Å². The first-order valence-corrected chi connectivity index (χ1v) is 5.65. The van der Waals surface area contributed by atoms with Gasteiger partial charge < -0.3 is 10.0 Å². The van der Waals surface area contributed by atoms with Gasteiger partial charge in [0.25, 0.3) is 0 Å². The van der Waals surface area contributed by atoms with E-state index in [1.807, 2.05) is 4.90 Å². The molecular weight excluding hydrogens is 178 g/mol. The smallest absolute Gasteiger partial charge is 0.228 e. The molecule has 1 heterocycles. The van der Waals surface area contributed by atoms with Crippen molar-refractivity contribution >= 4 is 5.91 Å². The lowest BCUT2D eigenvalue weighted by Crippen LogP contribution is -2.57. The van der Waals surface area contributed by atoms with Crippen LogP contribution in [0.2, 0.25) is 0 Å². The van der Waals surface area contributed by atoms with E-state index in [9.17, 15) is 9.90 Å². The lowest BCUT2D eigenvalue weighted by molar-refractivity contribution is -0.152. The number of carbonyl (C=O) groups is 1. The molecule has 0 aromatic carbocycles. The summed E-state index contributed by atoms with van der Waals surface area (Å²) in [6.45, 7) is 3.22. The van der Waals surface area contributed by atoms with Gasteiger partial charge in [-0.05, 0) is 19.3 Å². The highest BCUT2D eigenvalue weighted by Gasteiger charge is 2.44. The summed E-state index contributed by atoms with van der Waals surface area (Å²) in [7, 11) is 0. The van der Waals surface area contributed by atoms with Crippen molar-refractivity contribution in [2.45, 2.75) is 45.1 Å². The average molecular weight is 197 g/mol. The number of aliphatic hydroxyl groups is 1. The van der Waals surface area contributed by atoms with Crippen LogP contribution in [0.15, 0.2) is 0 Å². The number of likely N-dealkylation sites (tertiary alicyclic amines) is 1. The third kappa shape index (κ3) is 1.44. The second-order valence-electron chi connectivity index (χ2n) is 4.70. The molecule has 2 fully saturated rings. The minimum atomic E-state index is -0.269. The Labute approximate surface area is 85.1 Å². The van der Waals surface area contributed by atoms with Crippen molar-refractivity contribution in [2.75, 3.05) is 13.1 Å². The van der Waals surface area contributed by atoms with Crippen LogP contribution in [0.4, 0.5) is 0 Å². The quantitative estimate of drug-likeness (QED) is 0.721. The van der Waals surface area contributed by atoms with Crippen LogP contribution in [0.3, 0.4) is 0 Å². The Morgan fingerprint density at radius 3 is 2.43 bits per heavy atom. The van der Waals surface area contributed by atoms with E-state index in [-0.39, 0.29) is 11.5 Å². The maximum atomic E-state index is 12.1. The summed E-state index contributed by atoms with van der Waals surface area (Å²) < 4.78 is 0. The van der Waals surface area contributed by atoms with Gasteiger partial charge in [-0.25, -0.2) is 0 Å². The lowest BCUT2D eigenvalue weighted by Gasteiger charge is -2.41. The summed E-state index contributed by atoms with van der Waals surface area (Å²) in [4.78, 5) is 14.0. The Balaban J connectivity index is 2.01. The van der Waals surface area contributed by atoms with E-state index in [0.29, 0.717) is 19.0 Å². The maximum Gasteiger partial charge on any atom is 0.228 e. The van der Waals surface area contributed by atoms with E-state index in [1.54, 1.807) is 0 Å². The predicted octanol–water partition coefficient (Wildman–Crippen LogP) is 1.16. The maximum absolute atomic E-state index is 12.1. The first-order valence-electron chi connectivity index (χ1n) is 5.65. The summed E-state index contributed by atoms with van der Waals surface area (Å²) in [6.07, 6.45) is 5.17. The van der Waals surface area contributed by atoms with Crippen LogP contribution in [0, 0.1) is 5.41 Å². The van der Waals surface area contributed by atoms with Gasteiger partial charge in [-0.1, -0.05) is 19.8 Å². The average Bonchev–Trinajstić information content (AvgIpc) is 2.61. The van der Waals surface area contributed by atoms with E-state index in [4.69, 9.17) is 0 Å². The number of β-amino-alcohol motifs (C(OH)–C–C–N with tert-alkyl or cyclic N) is 1. The predicted molar refractivity (Wildman–Crippen MR) is 53.8 cm³/mol. The molecule has 0 aromatic heterocycles. The summed E-state index contributed by atoms with van der Waals surface area (Å²) >= 11 is 0. The molecule has 3 nitrogen and oxygen atoms in total. The molecule has 0 bridgehead atoms. The molecule has 1 saturated carbocycles. The third-order valence-electron chi connectivity index (χ3n) is 3.84. The van der Waals surface area contributed by atoms with Gasteiger partial charge in [-0.2, -0.15) is 0 Å². The van der Waals surface area contributed by atoms with Gasteiger partial charge in [0.05, 0.1) is 6.10 Å². The number of aliphatic hydroxyl groups excluding tert-OH is 1. The lowest BCUT2D eigenvalue weighted by atomic mass is 9.81. The molecule has 1 amide bonds. The van der Waals surface area contributed by atoms with Gasteiger partial charge in [0.15, 0.2) is 0 Å². The Morgan fingerprint density at radius 1 is 1.43 bits per heavy atom. The van der Waals surface area contributed by atoms with Crippen LogP contribution in [0.1, 0.15) is 39.0 Å². The molecule has 1 aliphatic carbocycles. The zero-order valence-corrected chi connectivity index (χ0v) is 8.83. The van der Waals surface area contributed by atoms with E-state index in [2.05, 4.69) is 6.92 Å². The zero-order chi connectivity index (χ0) is 10.2. The van der Waals surface area contributed by atoms with Gasteiger partial charge in [0, 0.05) is 18.5 Å². The molecule has 2 aliphatic rings. The minimum absolute atomic E-state index is 0.0693. The Morgan fingerprint density at radius 2 is 2.00 bits per heavy atom. The SMILES string of the molecule is CCC1(C(=O)N2CC(O)C2)CCCC1. The summed E-state index contributed by atoms with van der Waals surface area (Å²) in [5, 5.41) is 9.17. The molecule has 80 valence electrons. The molecule has 1 aliphatic heterocycles. The van der Waals surface area contributed by atoms with Gasteiger partial charge in [0.1, 0.15) is 0 Å². The molecule has 1 N–H and O–H groups in total. The van der Waals surface area contributed by atoms with E-state index < -0.39 is 0 Å². The van der Waals surface area contributed by atoms with Crippen LogP contribution in [-0.2, 0) is 4.79 Å². The highest BCUT2D eigenvalue weighted by atomic mass is 16.3. The summed E-state index contributed by atoms with van der Waals surface area (Å²) in [5.74, 6) is 0.294. The summed E-state index contributed by atoms with van der Waals surface area (Å²) in [5.41, 5.74) is -0.0693. The number of hydrogen-bond acceptors (Lipinski definition) is 2. The van der Waals surface area contributed by atoms with Crippen LogP contribution in [0.5, 0.6) is 0 Å². The van der Waals surface area contributed by atoms with Gasteiger partial charge in [-0.15, -0.1) is 0 Å². The topological polar surface area (TPSA) is 40.5 Å². The monoisotopic (exact) mass is 197 g/mol.